The number of amides is 1. The summed E-state index contributed by atoms with van der Waals surface area (Å²) in [6.07, 6.45) is 1.46. The highest BCUT2D eigenvalue weighted by Gasteiger charge is 2.08. The fraction of sp³-hybridized carbons (Fsp3) is 0.143. The minimum absolute atomic E-state index is 0.0400. The molecule has 5 nitrogen and oxygen atoms in total. The number of hydrogen-bond donors (Lipinski definition) is 3. The van der Waals surface area contributed by atoms with Crippen LogP contribution in [0.25, 0.3) is 0 Å². The summed E-state index contributed by atoms with van der Waals surface area (Å²) in [4.78, 5) is 11.7. The van der Waals surface area contributed by atoms with Crippen LogP contribution in [0.5, 0.6) is 0 Å². The van der Waals surface area contributed by atoms with E-state index in [4.69, 9.17) is 5.11 Å². The zero-order valence-corrected chi connectivity index (χ0v) is 10.5. The second-order valence-electron chi connectivity index (χ2n) is 3.92. The highest BCUT2D eigenvalue weighted by molar-refractivity contribution is 5.92. The molecule has 0 fully saturated rings. The SMILES string of the molecule is O=C(NCc1cc(C#CCO)ccc1F)c1ccn[nH]1. The number of benzene rings is 1. The minimum atomic E-state index is -0.426. The first kappa shape index (κ1) is 13.8. The highest BCUT2D eigenvalue weighted by Crippen LogP contribution is 2.10. The Balaban J connectivity index is 2.07. The van der Waals surface area contributed by atoms with Gasteiger partial charge in [0.15, 0.2) is 0 Å². The normalized spacial score (nSPS) is 9.70. The lowest BCUT2D eigenvalue weighted by molar-refractivity contribution is 0.0945. The summed E-state index contributed by atoms with van der Waals surface area (Å²) >= 11 is 0. The van der Waals surface area contributed by atoms with Crippen molar-refractivity contribution >= 4 is 5.91 Å². The molecule has 1 heterocycles. The lowest BCUT2D eigenvalue weighted by Gasteiger charge is -2.05. The van der Waals surface area contributed by atoms with E-state index in [0.29, 0.717) is 16.8 Å². The Morgan fingerprint density at radius 3 is 3.00 bits per heavy atom. The van der Waals surface area contributed by atoms with Crippen molar-refractivity contribution in [1.29, 1.82) is 0 Å². The maximum atomic E-state index is 13.6. The van der Waals surface area contributed by atoms with Gasteiger partial charge < -0.3 is 10.4 Å². The van der Waals surface area contributed by atoms with E-state index < -0.39 is 5.82 Å². The summed E-state index contributed by atoms with van der Waals surface area (Å²) in [5.74, 6) is 4.37. The molecule has 0 aliphatic rings. The van der Waals surface area contributed by atoms with Crippen LogP contribution in [0.3, 0.4) is 0 Å². The van der Waals surface area contributed by atoms with Gasteiger partial charge in [0.05, 0.1) is 0 Å². The van der Waals surface area contributed by atoms with Crippen molar-refractivity contribution in [2.45, 2.75) is 6.54 Å². The number of nitrogens with one attached hydrogen (secondary N) is 2. The van der Waals surface area contributed by atoms with Crippen LogP contribution in [0.2, 0.25) is 0 Å². The molecule has 20 heavy (non-hydrogen) atoms. The zero-order valence-electron chi connectivity index (χ0n) is 10.5. The number of halogens is 1. The molecule has 6 heteroatoms. The molecule has 0 aliphatic heterocycles. The van der Waals surface area contributed by atoms with Crippen molar-refractivity contribution in [2.75, 3.05) is 6.61 Å². The average Bonchev–Trinajstić information content (AvgIpc) is 2.99. The van der Waals surface area contributed by atoms with Crippen LogP contribution in [0.15, 0.2) is 30.5 Å². The number of carbonyl (C=O) groups excluding carboxylic acids is 1. The second-order valence-corrected chi connectivity index (χ2v) is 3.92. The summed E-state index contributed by atoms with van der Waals surface area (Å²) < 4.78 is 13.6. The molecule has 0 aliphatic carbocycles. The van der Waals surface area contributed by atoms with Gasteiger partial charge in [0.1, 0.15) is 18.1 Å². The quantitative estimate of drug-likeness (QED) is 0.725. The van der Waals surface area contributed by atoms with Crippen molar-refractivity contribution < 1.29 is 14.3 Å². The van der Waals surface area contributed by atoms with Crippen LogP contribution < -0.4 is 5.32 Å². The predicted octanol–water partition coefficient (Wildman–Crippen LogP) is 0.823. The largest absolute Gasteiger partial charge is 0.384 e. The number of aromatic amines is 1. The standard InChI is InChI=1S/C14H12FN3O2/c15-12-4-3-10(2-1-7-19)8-11(12)9-16-14(20)13-5-6-17-18-13/h3-6,8,19H,7,9H2,(H,16,20)(H,17,18). The van der Waals surface area contributed by atoms with Gasteiger partial charge in [-0.25, -0.2) is 4.39 Å². The molecule has 3 N–H and O–H groups in total. The van der Waals surface area contributed by atoms with Gasteiger partial charge in [-0.15, -0.1) is 0 Å². The highest BCUT2D eigenvalue weighted by atomic mass is 19.1. The van der Waals surface area contributed by atoms with Gasteiger partial charge in [0, 0.05) is 23.9 Å². The zero-order chi connectivity index (χ0) is 14.4. The number of aromatic nitrogens is 2. The summed E-state index contributed by atoms with van der Waals surface area (Å²) in [7, 11) is 0. The lowest BCUT2D eigenvalue weighted by Crippen LogP contribution is -2.23. The molecule has 1 aromatic carbocycles. The minimum Gasteiger partial charge on any atom is -0.384 e. The third-order valence-corrected chi connectivity index (χ3v) is 2.54. The summed E-state index contributed by atoms with van der Waals surface area (Å²) in [5.41, 5.74) is 1.20. The van der Waals surface area contributed by atoms with Crippen LogP contribution >= 0.6 is 0 Å². The monoisotopic (exact) mass is 273 g/mol. The molecule has 0 radical (unpaired) electrons. The molecule has 0 saturated carbocycles. The predicted molar refractivity (Wildman–Crippen MR) is 70.1 cm³/mol. The van der Waals surface area contributed by atoms with Crippen molar-refractivity contribution in [1.82, 2.24) is 15.5 Å². The van der Waals surface area contributed by atoms with Gasteiger partial charge in [0.2, 0.25) is 0 Å². The topological polar surface area (TPSA) is 78.0 Å². The maximum Gasteiger partial charge on any atom is 0.269 e. The summed E-state index contributed by atoms with van der Waals surface area (Å²) in [6.45, 7) is -0.221. The van der Waals surface area contributed by atoms with Crippen molar-refractivity contribution in [3.63, 3.8) is 0 Å². The molecule has 1 amide bonds. The number of hydrogen-bond acceptors (Lipinski definition) is 3. The van der Waals surface area contributed by atoms with Crippen LogP contribution in [-0.2, 0) is 6.54 Å². The summed E-state index contributed by atoms with van der Waals surface area (Å²) in [6, 6.07) is 5.84. The Bertz CT molecular complexity index is 657. The first-order valence-corrected chi connectivity index (χ1v) is 5.86. The molecule has 2 aromatic rings. The lowest BCUT2D eigenvalue weighted by atomic mass is 10.1. The first-order valence-electron chi connectivity index (χ1n) is 5.86. The number of carbonyl (C=O) groups is 1. The molecule has 0 atom stereocenters. The van der Waals surface area contributed by atoms with E-state index >= 15 is 0 Å². The molecular weight excluding hydrogens is 261 g/mol. The molecular formula is C14H12FN3O2. The van der Waals surface area contributed by atoms with Gasteiger partial charge in [-0.2, -0.15) is 5.10 Å². The molecule has 0 spiro atoms. The van der Waals surface area contributed by atoms with E-state index in [-0.39, 0.29) is 19.1 Å². The van der Waals surface area contributed by atoms with E-state index in [0.717, 1.165) is 0 Å². The smallest absolute Gasteiger partial charge is 0.269 e. The van der Waals surface area contributed by atoms with Crippen molar-refractivity contribution in [3.05, 3.63) is 53.1 Å². The number of aliphatic hydroxyl groups excluding tert-OH is 1. The van der Waals surface area contributed by atoms with E-state index in [1.165, 1.54) is 30.5 Å². The van der Waals surface area contributed by atoms with Crippen molar-refractivity contribution in [2.24, 2.45) is 0 Å². The number of nitrogens with zero attached hydrogens (tertiary/aromatic N) is 1. The number of rotatable bonds is 3. The number of aliphatic hydroxyl groups is 1. The van der Waals surface area contributed by atoms with Crippen LogP contribution in [-0.4, -0.2) is 27.8 Å². The Hall–Kier alpha value is -2.65. The Morgan fingerprint density at radius 1 is 1.45 bits per heavy atom. The maximum absolute atomic E-state index is 13.6. The third kappa shape index (κ3) is 3.43. The molecule has 2 rings (SSSR count). The van der Waals surface area contributed by atoms with E-state index in [1.807, 2.05) is 0 Å². The molecule has 1 aromatic heterocycles. The number of H-pyrrole nitrogens is 1. The molecule has 102 valence electrons. The molecule has 0 bridgehead atoms. The summed E-state index contributed by atoms with van der Waals surface area (Å²) in [5, 5.41) is 17.4. The van der Waals surface area contributed by atoms with Crippen LogP contribution in [0.4, 0.5) is 4.39 Å². The Labute approximate surface area is 114 Å². The van der Waals surface area contributed by atoms with Crippen molar-refractivity contribution in [3.8, 4) is 11.8 Å². The second kappa shape index (κ2) is 6.50. The third-order valence-electron chi connectivity index (χ3n) is 2.54. The van der Waals surface area contributed by atoms with Gasteiger partial charge in [-0.1, -0.05) is 11.8 Å². The van der Waals surface area contributed by atoms with Crippen LogP contribution in [0, 0.1) is 17.7 Å². The van der Waals surface area contributed by atoms with E-state index in [1.54, 1.807) is 0 Å². The van der Waals surface area contributed by atoms with E-state index in [2.05, 4.69) is 27.4 Å². The Morgan fingerprint density at radius 2 is 2.30 bits per heavy atom. The molecule has 0 unspecified atom stereocenters. The van der Waals surface area contributed by atoms with E-state index in [9.17, 15) is 9.18 Å². The van der Waals surface area contributed by atoms with Gasteiger partial charge in [-0.05, 0) is 24.3 Å². The fourth-order valence-electron chi connectivity index (χ4n) is 1.58. The van der Waals surface area contributed by atoms with Gasteiger partial charge >= 0.3 is 0 Å². The average molecular weight is 273 g/mol. The van der Waals surface area contributed by atoms with Gasteiger partial charge in [0.25, 0.3) is 5.91 Å². The Kier molecular flexibility index (Phi) is 4.47. The fourth-order valence-corrected chi connectivity index (χ4v) is 1.58. The van der Waals surface area contributed by atoms with Gasteiger partial charge in [-0.3, -0.25) is 9.89 Å². The first-order chi connectivity index (χ1) is 9.70. The van der Waals surface area contributed by atoms with Crippen LogP contribution in [0.1, 0.15) is 21.6 Å². The molecule has 0 saturated heterocycles.